The van der Waals surface area contributed by atoms with Crippen LogP contribution in [0, 0.1) is 0 Å². The quantitative estimate of drug-likeness (QED) is 0.700. The van der Waals surface area contributed by atoms with Gasteiger partial charge in [0.25, 0.3) is 0 Å². The van der Waals surface area contributed by atoms with E-state index in [0.29, 0.717) is 6.04 Å². The Bertz CT molecular complexity index is 390. The van der Waals surface area contributed by atoms with Gasteiger partial charge in [0, 0.05) is 25.0 Å². The maximum absolute atomic E-state index is 11.9. The van der Waals surface area contributed by atoms with Crippen LogP contribution in [0.5, 0.6) is 0 Å². The lowest BCUT2D eigenvalue weighted by atomic mass is 10.3. The molecule has 1 aliphatic rings. The average Bonchev–Trinajstić information content (AvgIpc) is 3.10. The van der Waals surface area contributed by atoms with Gasteiger partial charge in [-0.05, 0) is 45.2 Å². The normalized spacial score (nSPS) is 15.4. The summed E-state index contributed by atoms with van der Waals surface area (Å²) >= 11 is 0. The van der Waals surface area contributed by atoms with Crippen LogP contribution < -0.4 is 11.0 Å². The highest BCUT2D eigenvalue weighted by atomic mass is 16.1. The van der Waals surface area contributed by atoms with Crippen LogP contribution in [0.25, 0.3) is 0 Å². The Hall–Kier alpha value is -1.03. The molecule has 0 spiro atoms. The molecule has 1 fully saturated rings. The van der Waals surface area contributed by atoms with Crippen LogP contribution in [0.3, 0.4) is 0 Å². The number of hydrogen-bond donors (Lipinski definition) is 1. The molecule has 1 aromatic heterocycles. The van der Waals surface area contributed by atoms with E-state index >= 15 is 0 Å². The molecule has 0 saturated heterocycles. The number of nitrogens with zero attached hydrogens (tertiary/aromatic N) is 2. The summed E-state index contributed by atoms with van der Waals surface area (Å²) in [6.07, 6.45) is 9.61. The summed E-state index contributed by atoms with van der Waals surface area (Å²) in [5.74, 6) is 0. The van der Waals surface area contributed by atoms with Gasteiger partial charge in [-0.1, -0.05) is 6.92 Å². The Morgan fingerprint density at radius 3 is 2.82 bits per heavy atom. The molecule has 2 rings (SSSR count). The molecule has 17 heavy (non-hydrogen) atoms. The van der Waals surface area contributed by atoms with Gasteiger partial charge in [0.1, 0.15) is 0 Å². The fraction of sp³-hybridized carbons (Fsp3) is 0.769. The van der Waals surface area contributed by atoms with Gasteiger partial charge in [-0.2, -0.15) is 0 Å². The van der Waals surface area contributed by atoms with Crippen molar-refractivity contribution in [2.75, 3.05) is 13.1 Å². The third-order valence-electron chi connectivity index (χ3n) is 3.24. The SMILES string of the molecule is CCCNCCCCn1ccn(C2CC2)c1=O. The van der Waals surface area contributed by atoms with E-state index < -0.39 is 0 Å². The predicted molar refractivity (Wildman–Crippen MR) is 69.4 cm³/mol. The molecule has 96 valence electrons. The van der Waals surface area contributed by atoms with Gasteiger partial charge in [0.15, 0.2) is 0 Å². The third kappa shape index (κ3) is 3.46. The second-order valence-corrected chi connectivity index (χ2v) is 4.87. The van der Waals surface area contributed by atoms with Crippen molar-refractivity contribution in [2.24, 2.45) is 0 Å². The Kier molecular flexibility index (Phi) is 4.42. The fourth-order valence-corrected chi connectivity index (χ4v) is 2.06. The number of aromatic nitrogens is 2. The van der Waals surface area contributed by atoms with Crippen LogP contribution in [-0.2, 0) is 6.54 Å². The lowest BCUT2D eigenvalue weighted by molar-refractivity contribution is 0.547. The number of unbranched alkanes of at least 4 members (excludes halogenated alkanes) is 1. The first-order valence-electron chi connectivity index (χ1n) is 6.81. The molecule has 0 amide bonds. The smallest absolute Gasteiger partial charge is 0.317 e. The van der Waals surface area contributed by atoms with Gasteiger partial charge < -0.3 is 5.32 Å². The molecule has 1 aromatic rings. The highest BCUT2D eigenvalue weighted by Crippen LogP contribution is 2.33. The molecule has 1 heterocycles. The number of aryl methyl sites for hydroxylation is 1. The van der Waals surface area contributed by atoms with Crippen LogP contribution in [0.1, 0.15) is 45.1 Å². The van der Waals surface area contributed by atoms with Gasteiger partial charge in [0.2, 0.25) is 0 Å². The van der Waals surface area contributed by atoms with Crippen LogP contribution in [0.2, 0.25) is 0 Å². The van der Waals surface area contributed by atoms with E-state index in [1.807, 2.05) is 21.5 Å². The molecule has 0 bridgehead atoms. The zero-order valence-corrected chi connectivity index (χ0v) is 10.7. The number of hydrogen-bond acceptors (Lipinski definition) is 2. The first kappa shape index (κ1) is 12.4. The third-order valence-corrected chi connectivity index (χ3v) is 3.24. The molecule has 1 saturated carbocycles. The van der Waals surface area contributed by atoms with E-state index in [0.717, 1.165) is 32.5 Å². The van der Waals surface area contributed by atoms with Crippen molar-refractivity contribution in [3.05, 3.63) is 22.9 Å². The summed E-state index contributed by atoms with van der Waals surface area (Å²) in [5, 5.41) is 3.38. The summed E-state index contributed by atoms with van der Waals surface area (Å²) in [5.41, 5.74) is 0.175. The highest BCUT2D eigenvalue weighted by Gasteiger charge is 2.25. The van der Waals surface area contributed by atoms with Crippen molar-refractivity contribution in [3.63, 3.8) is 0 Å². The summed E-state index contributed by atoms with van der Waals surface area (Å²) < 4.78 is 3.73. The molecule has 0 unspecified atom stereocenters. The molecule has 0 atom stereocenters. The van der Waals surface area contributed by atoms with E-state index in [4.69, 9.17) is 0 Å². The van der Waals surface area contributed by atoms with E-state index in [2.05, 4.69) is 12.2 Å². The monoisotopic (exact) mass is 237 g/mol. The summed E-state index contributed by atoms with van der Waals surface area (Å²) in [7, 11) is 0. The zero-order valence-electron chi connectivity index (χ0n) is 10.7. The lowest BCUT2D eigenvalue weighted by Crippen LogP contribution is -2.24. The van der Waals surface area contributed by atoms with Crippen molar-refractivity contribution in [1.82, 2.24) is 14.5 Å². The minimum Gasteiger partial charge on any atom is -0.317 e. The second kappa shape index (κ2) is 6.05. The van der Waals surface area contributed by atoms with Gasteiger partial charge in [0.05, 0.1) is 0 Å². The first-order valence-corrected chi connectivity index (χ1v) is 6.81. The Balaban J connectivity index is 1.70. The Morgan fingerprint density at radius 2 is 2.12 bits per heavy atom. The molecule has 0 radical (unpaired) electrons. The molecule has 1 aliphatic carbocycles. The second-order valence-electron chi connectivity index (χ2n) is 4.87. The van der Waals surface area contributed by atoms with Gasteiger partial charge >= 0.3 is 5.69 Å². The number of rotatable bonds is 8. The Labute approximate surface area is 103 Å². The van der Waals surface area contributed by atoms with Crippen molar-refractivity contribution < 1.29 is 0 Å². The first-order chi connectivity index (χ1) is 8.33. The summed E-state index contributed by atoms with van der Waals surface area (Å²) in [6, 6.07) is 0.495. The topological polar surface area (TPSA) is 39.0 Å². The minimum absolute atomic E-state index is 0.175. The van der Waals surface area contributed by atoms with Crippen LogP contribution in [0.4, 0.5) is 0 Å². The fourth-order valence-electron chi connectivity index (χ4n) is 2.06. The van der Waals surface area contributed by atoms with Crippen molar-refractivity contribution in [3.8, 4) is 0 Å². The van der Waals surface area contributed by atoms with Crippen LogP contribution in [0.15, 0.2) is 17.2 Å². The average molecular weight is 237 g/mol. The number of imidazole rings is 1. The summed E-state index contributed by atoms with van der Waals surface area (Å²) in [6.45, 7) is 5.18. The maximum Gasteiger partial charge on any atom is 0.328 e. The van der Waals surface area contributed by atoms with Crippen molar-refractivity contribution in [1.29, 1.82) is 0 Å². The van der Waals surface area contributed by atoms with Crippen molar-refractivity contribution in [2.45, 2.75) is 51.6 Å². The van der Waals surface area contributed by atoms with Crippen LogP contribution in [-0.4, -0.2) is 22.2 Å². The molecule has 4 nitrogen and oxygen atoms in total. The van der Waals surface area contributed by atoms with E-state index in [1.54, 1.807) is 0 Å². The van der Waals surface area contributed by atoms with Gasteiger partial charge in [-0.15, -0.1) is 0 Å². The van der Waals surface area contributed by atoms with Crippen molar-refractivity contribution >= 4 is 0 Å². The largest absolute Gasteiger partial charge is 0.328 e. The maximum atomic E-state index is 11.9. The minimum atomic E-state index is 0.175. The molecular formula is C13H23N3O. The predicted octanol–water partition coefficient (Wildman–Crippen LogP) is 1.76. The zero-order chi connectivity index (χ0) is 12.1. The number of nitrogens with one attached hydrogen (secondary N) is 1. The summed E-state index contributed by atoms with van der Waals surface area (Å²) in [4.78, 5) is 11.9. The Morgan fingerprint density at radius 1 is 1.29 bits per heavy atom. The molecule has 0 aromatic carbocycles. The van der Waals surface area contributed by atoms with E-state index in [-0.39, 0.29) is 5.69 Å². The van der Waals surface area contributed by atoms with Gasteiger partial charge in [-0.3, -0.25) is 9.13 Å². The van der Waals surface area contributed by atoms with E-state index in [9.17, 15) is 4.79 Å². The van der Waals surface area contributed by atoms with Crippen LogP contribution >= 0.6 is 0 Å². The molecular weight excluding hydrogens is 214 g/mol. The van der Waals surface area contributed by atoms with Gasteiger partial charge in [-0.25, -0.2) is 4.79 Å². The standard InChI is InChI=1S/C13H23N3O/c1-2-7-14-8-3-4-9-15-10-11-16(13(15)17)12-5-6-12/h10-12,14H,2-9H2,1H3. The molecule has 4 heteroatoms. The molecule has 0 aliphatic heterocycles. The lowest BCUT2D eigenvalue weighted by Gasteiger charge is -2.03. The van der Waals surface area contributed by atoms with E-state index in [1.165, 1.54) is 19.3 Å². The molecule has 1 N–H and O–H groups in total. The highest BCUT2D eigenvalue weighted by molar-refractivity contribution is 4.91.